The molecule has 2 aromatic rings. The van der Waals surface area contributed by atoms with Crippen LogP contribution in [0.2, 0.25) is 0 Å². The SMILES string of the molecule is CC(c1ccccn1)C(O)c1ccc2c(c1)COC2. The topological polar surface area (TPSA) is 42.4 Å². The minimum Gasteiger partial charge on any atom is -0.388 e. The molecular weight excluding hydrogens is 238 g/mol. The summed E-state index contributed by atoms with van der Waals surface area (Å²) < 4.78 is 5.40. The molecule has 0 aliphatic carbocycles. The van der Waals surface area contributed by atoms with Crippen molar-refractivity contribution in [2.75, 3.05) is 0 Å². The van der Waals surface area contributed by atoms with E-state index in [0.717, 1.165) is 11.3 Å². The molecule has 3 rings (SSSR count). The number of ether oxygens (including phenoxy) is 1. The summed E-state index contributed by atoms with van der Waals surface area (Å²) in [5, 5.41) is 10.5. The summed E-state index contributed by atoms with van der Waals surface area (Å²) in [4.78, 5) is 4.31. The molecule has 0 amide bonds. The Morgan fingerprint density at radius 2 is 2.00 bits per heavy atom. The van der Waals surface area contributed by atoms with Crippen molar-refractivity contribution in [1.29, 1.82) is 0 Å². The molecule has 0 saturated heterocycles. The summed E-state index contributed by atoms with van der Waals surface area (Å²) in [5.74, 6) is -0.0263. The third-order valence-corrected chi connectivity index (χ3v) is 3.71. The van der Waals surface area contributed by atoms with Crippen LogP contribution in [0.1, 0.15) is 41.3 Å². The zero-order valence-electron chi connectivity index (χ0n) is 10.9. The van der Waals surface area contributed by atoms with Gasteiger partial charge in [0.05, 0.1) is 19.3 Å². The Kier molecular flexibility index (Phi) is 3.32. The second kappa shape index (κ2) is 5.11. The average Bonchev–Trinajstić information content (AvgIpc) is 2.94. The molecule has 1 aliphatic rings. The largest absolute Gasteiger partial charge is 0.388 e. The van der Waals surface area contributed by atoms with Gasteiger partial charge in [-0.2, -0.15) is 0 Å². The normalized spacial score (nSPS) is 16.9. The number of aromatic nitrogens is 1. The molecule has 1 aliphatic heterocycles. The Morgan fingerprint density at radius 3 is 2.79 bits per heavy atom. The monoisotopic (exact) mass is 255 g/mol. The number of benzene rings is 1. The van der Waals surface area contributed by atoms with E-state index in [9.17, 15) is 5.11 Å². The summed E-state index contributed by atoms with van der Waals surface area (Å²) >= 11 is 0. The molecular formula is C16H17NO2. The number of pyridine rings is 1. The molecule has 98 valence electrons. The second-order valence-electron chi connectivity index (χ2n) is 5.01. The number of hydrogen-bond donors (Lipinski definition) is 1. The lowest BCUT2D eigenvalue weighted by Gasteiger charge is -2.19. The van der Waals surface area contributed by atoms with Crippen LogP contribution in [0.4, 0.5) is 0 Å². The molecule has 0 saturated carbocycles. The van der Waals surface area contributed by atoms with Gasteiger partial charge in [-0.15, -0.1) is 0 Å². The van der Waals surface area contributed by atoms with E-state index in [4.69, 9.17) is 4.74 Å². The van der Waals surface area contributed by atoms with E-state index >= 15 is 0 Å². The lowest BCUT2D eigenvalue weighted by Crippen LogP contribution is -2.09. The summed E-state index contributed by atoms with van der Waals surface area (Å²) in [6.45, 7) is 3.33. The van der Waals surface area contributed by atoms with Gasteiger partial charge in [0.1, 0.15) is 0 Å². The van der Waals surface area contributed by atoms with Crippen molar-refractivity contribution in [2.24, 2.45) is 0 Å². The second-order valence-corrected chi connectivity index (χ2v) is 5.01. The van der Waals surface area contributed by atoms with Crippen LogP contribution < -0.4 is 0 Å². The van der Waals surface area contributed by atoms with Crippen LogP contribution in [-0.2, 0) is 18.0 Å². The average molecular weight is 255 g/mol. The van der Waals surface area contributed by atoms with Crippen molar-refractivity contribution in [3.63, 3.8) is 0 Å². The van der Waals surface area contributed by atoms with Crippen molar-refractivity contribution in [2.45, 2.75) is 32.2 Å². The van der Waals surface area contributed by atoms with Gasteiger partial charge < -0.3 is 9.84 Å². The van der Waals surface area contributed by atoms with Gasteiger partial charge in [-0.3, -0.25) is 4.98 Å². The van der Waals surface area contributed by atoms with Gasteiger partial charge in [-0.05, 0) is 28.8 Å². The third-order valence-electron chi connectivity index (χ3n) is 3.71. The summed E-state index contributed by atoms with van der Waals surface area (Å²) in [6, 6.07) is 11.9. The maximum atomic E-state index is 10.5. The zero-order valence-corrected chi connectivity index (χ0v) is 10.9. The molecule has 0 bridgehead atoms. The molecule has 1 aromatic heterocycles. The highest BCUT2D eigenvalue weighted by Gasteiger charge is 2.21. The highest BCUT2D eigenvalue weighted by molar-refractivity contribution is 5.35. The number of aliphatic hydroxyl groups is 1. The predicted octanol–water partition coefficient (Wildman–Crippen LogP) is 2.95. The van der Waals surface area contributed by atoms with Gasteiger partial charge in [0.2, 0.25) is 0 Å². The quantitative estimate of drug-likeness (QED) is 0.917. The lowest BCUT2D eigenvalue weighted by molar-refractivity contribution is 0.134. The van der Waals surface area contributed by atoms with Crippen molar-refractivity contribution in [3.8, 4) is 0 Å². The first-order valence-corrected chi connectivity index (χ1v) is 6.54. The molecule has 1 aromatic carbocycles. The Morgan fingerprint density at radius 1 is 1.16 bits per heavy atom. The minimum absolute atomic E-state index is 0.0263. The number of hydrogen-bond acceptors (Lipinski definition) is 3. The Labute approximate surface area is 112 Å². The van der Waals surface area contributed by atoms with Gasteiger partial charge in [-0.1, -0.05) is 31.2 Å². The first-order chi connectivity index (χ1) is 9.25. The van der Waals surface area contributed by atoms with Crippen LogP contribution in [0.5, 0.6) is 0 Å². The fourth-order valence-corrected chi connectivity index (χ4v) is 2.47. The van der Waals surface area contributed by atoms with E-state index < -0.39 is 6.10 Å². The Balaban J connectivity index is 1.86. The smallest absolute Gasteiger partial charge is 0.0871 e. The molecule has 2 heterocycles. The molecule has 0 radical (unpaired) electrons. The molecule has 3 heteroatoms. The van der Waals surface area contributed by atoms with Crippen molar-refractivity contribution in [3.05, 3.63) is 65.0 Å². The fraction of sp³-hybridized carbons (Fsp3) is 0.312. The van der Waals surface area contributed by atoms with Gasteiger partial charge >= 0.3 is 0 Å². The van der Waals surface area contributed by atoms with E-state index in [1.54, 1.807) is 6.20 Å². The maximum absolute atomic E-state index is 10.5. The standard InChI is InChI=1S/C16H17NO2/c1-11(15-4-2-3-7-17-15)16(18)12-5-6-13-9-19-10-14(13)8-12/h2-8,11,16,18H,9-10H2,1H3. The van der Waals surface area contributed by atoms with E-state index in [0.29, 0.717) is 13.2 Å². The number of rotatable bonds is 3. The molecule has 19 heavy (non-hydrogen) atoms. The number of fused-ring (bicyclic) bond motifs is 1. The lowest BCUT2D eigenvalue weighted by atomic mass is 9.92. The number of nitrogens with zero attached hydrogens (tertiary/aromatic N) is 1. The number of aliphatic hydroxyl groups excluding tert-OH is 1. The van der Waals surface area contributed by atoms with Crippen LogP contribution in [-0.4, -0.2) is 10.1 Å². The Bertz CT molecular complexity index is 568. The summed E-state index contributed by atoms with van der Waals surface area (Å²) in [7, 11) is 0. The Hall–Kier alpha value is -1.71. The molecule has 2 unspecified atom stereocenters. The van der Waals surface area contributed by atoms with Crippen LogP contribution in [0.3, 0.4) is 0 Å². The van der Waals surface area contributed by atoms with Crippen LogP contribution in [0.25, 0.3) is 0 Å². The fourth-order valence-electron chi connectivity index (χ4n) is 2.47. The predicted molar refractivity (Wildman–Crippen MR) is 72.5 cm³/mol. The highest BCUT2D eigenvalue weighted by atomic mass is 16.5. The van der Waals surface area contributed by atoms with Crippen molar-refractivity contribution >= 4 is 0 Å². The van der Waals surface area contributed by atoms with Gasteiger partial charge in [0.25, 0.3) is 0 Å². The van der Waals surface area contributed by atoms with Gasteiger partial charge in [0, 0.05) is 17.8 Å². The molecule has 2 atom stereocenters. The van der Waals surface area contributed by atoms with Crippen molar-refractivity contribution in [1.82, 2.24) is 4.98 Å². The first-order valence-electron chi connectivity index (χ1n) is 6.54. The molecule has 1 N–H and O–H groups in total. The van der Waals surface area contributed by atoms with Gasteiger partial charge in [-0.25, -0.2) is 0 Å². The van der Waals surface area contributed by atoms with E-state index in [2.05, 4.69) is 4.98 Å². The molecule has 0 fully saturated rings. The van der Waals surface area contributed by atoms with Crippen LogP contribution >= 0.6 is 0 Å². The third kappa shape index (κ3) is 2.39. The summed E-state index contributed by atoms with van der Waals surface area (Å²) in [6.07, 6.45) is 1.22. The zero-order chi connectivity index (χ0) is 13.2. The van der Waals surface area contributed by atoms with E-state index in [1.807, 2.05) is 43.3 Å². The molecule has 3 nitrogen and oxygen atoms in total. The maximum Gasteiger partial charge on any atom is 0.0871 e. The van der Waals surface area contributed by atoms with E-state index in [1.165, 1.54) is 11.1 Å². The highest BCUT2D eigenvalue weighted by Crippen LogP contribution is 2.31. The minimum atomic E-state index is -0.541. The van der Waals surface area contributed by atoms with Crippen LogP contribution in [0.15, 0.2) is 42.6 Å². The van der Waals surface area contributed by atoms with Gasteiger partial charge in [0.15, 0.2) is 0 Å². The van der Waals surface area contributed by atoms with Crippen molar-refractivity contribution < 1.29 is 9.84 Å². The first kappa shape index (κ1) is 12.3. The molecule has 0 spiro atoms. The van der Waals surface area contributed by atoms with Crippen LogP contribution in [0, 0.1) is 0 Å². The summed E-state index contributed by atoms with van der Waals surface area (Å²) in [5.41, 5.74) is 4.25. The van der Waals surface area contributed by atoms with E-state index in [-0.39, 0.29) is 5.92 Å².